The summed E-state index contributed by atoms with van der Waals surface area (Å²) in [6, 6.07) is 3.49. The lowest BCUT2D eigenvalue weighted by Crippen LogP contribution is -2.01. The Bertz CT molecular complexity index is 336. The van der Waals surface area contributed by atoms with Crippen molar-refractivity contribution in [3.05, 3.63) is 31.0 Å². The molecule has 5 heteroatoms. The van der Waals surface area contributed by atoms with E-state index in [2.05, 4.69) is 16.6 Å². The summed E-state index contributed by atoms with van der Waals surface area (Å²) < 4.78 is 5.39. The minimum absolute atomic E-state index is 0.569. The average molecular weight is 221 g/mol. The molecule has 0 fully saturated rings. The Kier molecular flexibility index (Phi) is 5.65. The molecule has 0 radical (unpaired) electrons. The summed E-state index contributed by atoms with van der Waals surface area (Å²) in [5, 5.41) is 8.30. The van der Waals surface area contributed by atoms with Gasteiger partial charge in [-0.3, -0.25) is 10.7 Å². The van der Waals surface area contributed by atoms with Crippen LogP contribution in [0.15, 0.2) is 36.0 Å². The summed E-state index contributed by atoms with van der Waals surface area (Å²) >= 11 is 0. The van der Waals surface area contributed by atoms with E-state index in [9.17, 15) is 0 Å². The molecule has 2 N–H and O–H groups in total. The van der Waals surface area contributed by atoms with Crippen LogP contribution in [0.3, 0.4) is 0 Å². The minimum atomic E-state index is 0.569. The molecule has 0 aliphatic heterocycles. The van der Waals surface area contributed by atoms with Gasteiger partial charge in [0.1, 0.15) is 6.34 Å². The molecule has 5 nitrogen and oxygen atoms in total. The van der Waals surface area contributed by atoms with Crippen molar-refractivity contribution in [2.75, 3.05) is 6.61 Å². The van der Waals surface area contributed by atoms with Crippen LogP contribution < -0.4 is 10.2 Å². The fourth-order valence-corrected chi connectivity index (χ4v) is 1.04. The highest BCUT2D eigenvalue weighted by Gasteiger charge is 1.95. The Morgan fingerprint density at radius 3 is 3.06 bits per heavy atom. The maximum atomic E-state index is 8.30. The largest absolute Gasteiger partial charge is 0.478 e. The number of hydrogen-bond acceptors (Lipinski definition) is 4. The molecule has 0 saturated heterocycles. The Hall–Kier alpha value is -1.88. The predicted octanol–water partition coefficient (Wildman–Crippen LogP) is 2.07. The van der Waals surface area contributed by atoms with E-state index in [1.54, 1.807) is 18.3 Å². The normalized spacial score (nSPS) is 10.3. The first-order chi connectivity index (χ1) is 7.86. The van der Waals surface area contributed by atoms with Gasteiger partial charge in [0.2, 0.25) is 5.88 Å². The van der Waals surface area contributed by atoms with Crippen molar-refractivity contribution in [1.29, 1.82) is 0 Å². The van der Waals surface area contributed by atoms with Crippen LogP contribution in [0, 0.1) is 0 Å². The molecule has 0 saturated carbocycles. The van der Waals surface area contributed by atoms with Gasteiger partial charge in [0.15, 0.2) is 0 Å². The molecule has 0 amide bonds. The summed E-state index contributed by atoms with van der Waals surface area (Å²) in [5.41, 5.74) is 2.46. The van der Waals surface area contributed by atoms with E-state index < -0.39 is 0 Å². The summed E-state index contributed by atoms with van der Waals surface area (Å²) in [7, 11) is 0. The van der Waals surface area contributed by atoms with Gasteiger partial charge in [-0.25, -0.2) is 9.98 Å². The van der Waals surface area contributed by atoms with Gasteiger partial charge in [0, 0.05) is 6.07 Å². The molecule has 0 aliphatic rings. The van der Waals surface area contributed by atoms with Gasteiger partial charge in [-0.2, -0.15) is 0 Å². The van der Waals surface area contributed by atoms with E-state index in [4.69, 9.17) is 9.94 Å². The Labute approximate surface area is 94.5 Å². The quantitative estimate of drug-likeness (QED) is 0.243. The highest BCUT2D eigenvalue weighted by atomic mass is 16.5. The van der Waals surface area contributed by atoms with Crippen molar-refractivity contribution in [3.63, 3.8) is 0 Å². The van der Waals surface area contributed by atoms with Crippen LogP contribution in [0.4, 0.5) is 5.69 Å². The smallest absolute Gasteiger partial charge is 0.213 e. The van der Waals surface area contributed by atoms with Gasteiger partial charge >= 0.3 is 0 Å². The average Bonchev–Trinajstić information content (AvgIpc) is 2.33. The van der Waals surface area contributed by atoms with E-state index >= 15 is 0 Å². The van der Waals surface area contributed by atoms with Crippen molar-refractivity contribution in [3.8, 4) is 5.88 Å². The first-order valence-corrected chi connectivity index (χ1v) is 4.98. The van der Waals surface area contributed by atoms with Crippen molar-refractivity contribution in [2.45, 2.75) is 12.8 Å². The molecular weight excluding hydrogens is 206 g/mol. The number of ether oxygens (including phenoxy) is 1. The van der Waals surface area contributed by atoms with Gasteiger partial charge in [0.05, 0.1) is 18.5 Å². The molecule has 0 bridgehead atoms. The van der Waals surface area contributed by atoms with Crippen molar-refractivity contribution in [2.24, 2.45) is 4.99 Å². The van der Waals surface area contributed by atoms with E-state index in [-0.39, 0.29) is 0 Å². The van der Waals surface area contributed by atoms with Crippen LogP contribution in [0.2, 0.25) is 0 Å². The first-order valence-electron chi connectivity index (χ1n) is 4.98. The molecule has 0 aliphatic carbocycles. The summed E-state index contributed by atoms with van der Waals surface area (Å²) in [6.07, 6.45) is 6.46. The van der Waals surface area contributed by atoms with E-state index in [0.29, 0.717) is 18.2 Å². The van der Waals surface area contributed by atoms with E-state index in [1.807, 2.05) is 11.6 Å². The summed E-state index contributed by atoms with van der Waals surface area (Å²) in [4.78, 5) is 7.92. The van der Waals surface area contributed by atoms with Crippen LogP contribution in [0.5, 0.6) is 5.88 Å². The van der Waals surface area contributed by atoms with Crippen molar-refractivity contribution in [1.82, 2.24) is 10.5 Å². The zero-order chi connectivity index (χ0) is 11.6. The lowest BCUT2D eigenvalue weighted by molar-refractivity contribution is 0.240. The Morgan fingerprint density at radius 2 is 2.44 bits per heavy atom. The zero-order valence-corrected chi connectivity index (χ0v) is 8.97. The second-order valence-electron chi connectivity index (χ2n) is 3.02. The lowest BCUT2D eigenvalue weighted by atomic mass is 10.3. The molecule has 1 aromatic rings. The lowest BCUT2D eigenvalue weighted by Gasteiger charge is -2.03. The number of aliphatic imine (C=N–C) groups is 1. The topological polar surface area (TPSA) is 66.7 Å². The monoisotopic (exact) mass is 221 g/mol. The van der Waals surface area contributed by atoms with Crippen molar-refractivity contribution < 1.29 is 9.94 Å². The van der Waals surface area contributed by atoms with Gasteiger partial charge < -0.3 is 4.74 Å². The number of allylic oxidation sites excluding steroid dienone is 1. The highest BCUT2D eigenvalue weighted by Crippen LogP contribution is 2.13. The molecule has 1 heterocycles. The zero-order valence-electron chi connectivity index (χ0n) is 8.97. The molecule has 0 spiro atoms. The number of hydroxylamine groups is 1. The molecule has 1 rings (SSSR count). The second kappa shape index (κ2) is 7.42. The molecule has 0 atom stereocenters. The maximum absolute atomic E-state index is 8.30. The number of pyridine rings is 1. The number of aromatic nitrogens is 1. The third-order valence-electron chi connectivity index (χ3n) is 1.79. The summed E-state index contributed by atoms with van der Waals surface area (Å²) in [5.74, 6) is 0.569. The van der Waals surface area contributed by atoms with Crippen LogP contribution in [-0.2, 0) is 0 Å². The van der Waals surface area contributed by atoms with Gasteiger partial charge in [0.25, 0.3) is 0 Å². The molecule has 1 aromatic heterocycles. The fraction of sp³-hybridized carbons (Fsp3) is 0.273. The number of nitrogens with zero attached hydrogens (tertiary/aromatic N) is 2. The molecule has 86 valence electrons. The van der Waals surface area contributed by atoms with Crippen LogP contribution >= 0.6 is 0 Å². The highest BCUT2D eigenvalue weighted by molar-refractivity contribution is 5.59. The Balaban J connectivity index is 2.38. The van der Waals surface area contributed by atoms with Gasteiger partial charge in [-0.15, -0.1) is 6.58 Å². The van der Waals surface area contributed by atoms with Crippen LogP contribution in [0.25, 0.3) is 0 Å². The van der Waals surface area contributed by atoms with Crippen molar-refractivity contribution >= 4 is 12.0 Å². The number of unbranched alkanes of at least 4 members (excludes halogenated alkanes) is 1. The fourth-order valence-electron chi connectivity index (χ4n) is 1.04. The van der Waals surface area contributed by atoms with Gasteiger partial charge in [-0.05, 0) is 18.9 Å². The number of hydrogen-bond donors (Lipinski definition) is 2. The molecule has 16 heavy (non-hydrogen) atoms. The standard InChI is InChI=1S/C11H15N3O2/c1-2-3-4-7-16-11-6-5-10(8-12-11)13-9-14-15/h2,5-6,8-9,15H,1,3-4,7H2,(H,13,14). The molecular formula is C11H15N3O2. The Morgan fingerprint density at radius 1 is 1.56 bits per heavy atom. The summed E-state index contributed by atoms with van der Waals surface area (Å²) in [6.45, 7) is 4.26. The third-order valence-corrected chi connectivity index (χ3v) is 1.79. The van der Waals surface area contributed by atoms with Crippen LogP contribution in [-0.4, -0.2) is 23.1 Å². The van der Waals surface area contributed by atoms with E-state index in [1.165, 1.54) is 6.34 Å². The third kappa shape index (κ3) is 4.56. The van der Waals surface area contributed by atoms with Crippen LogP contribution in [0.1, 0.15) is 12.8 Å². The second-order valence-corrected chi connectivity index (χ2v) is 3.02. The molecule has 0 unspecified atom stereocenters. The number of nitrogens with one attached hydrogen (secondary N) is 1. The minimum Gasteiger partial charge on any atom is -0.478 e. The first kappa shape index (κ1) is 12.2. The van der Waals surface area contributed by atoms with Gasteiger partial charge in [-0.1, -0.05) is 6.08 Å². The van der Waals surface area contributed by atoms with E-state index in [0.717, 1.165) is 12.8 Å². The SMILES string of the molecule is C=CCCCOc1ccc(N=CNO)cn1. The maximum Gasteiger partial charge on any atom is 0.213 e. The number of rotatable bonds is 7. The molecule has 0 aromatic carbocycles. The predicted molar refractivity (Wildman–Crippen MR) is 62.2 cm³/mol.